The second kappa shape index (κ2) is 7.14. The lowest BCUT2D eigenvalue weighted by atomic mass is 10.1. The first-order valence-electron chi connectivity index (χ1n) is 6.73. The summed E-state index contributed by atoms with van der Waals surface area (Å²) in [7, 11) is 1.76. The first-order chi connectivity index (χ1) is 8.95. The van der Waals surface area contributed by atoms with Gasteiger partial charge in [0, 0.05) is 31.4 Å². The van der Waals surface area contributed by atoms with Crippen molar-refractivity contribution >= 4 is 11.6 Å². The highest BCUT2D eigenvalue weighted by Gasteiger charge is 2.13. The topological polar surface area (TPSA) is 52.6 Å². The maximum Gasteiger partial charge on any atom is 0.253 e. The molecule has 0 aliphatic carbocycles. The highest BCUT2D eigenvalue weighted by Crippen LogP contribution is 2.17. The molecule has 0 aliphatic rings. The molecule has 0 saturated heterocycles. The van der Waals surface area contributed by atoms with E-state index in [4.69, 9.17) is 0 Å². The fourth-order valence-corrected chi connectivity index (χ4v) is 1.89. The van der Waals surface area contributed by atoms with E-state index in [0.717, 1.165) is 17.8 Å². The summed E-state index contributed by atoms with van der Waals surface area (Å²) in [5.74, 6) is -0.00759. The molecule has 1 aromatic rings. The summed E-state index contributed by atoms with van der Waals surface area (Å²) in [6, 6.07) is 5.68. The molecule has 0 bridgehead atoms. The van der Waals surface area contributed by atoms with E-state index < -0.39 is 0 Å². The first-order valence-corrected chi connectivity index (χ1v) is 6.73. The van der Waals surface area contributed by atoms with Gasteiger partial charge in [-0.3, -0.25) is 4.79 Å². The van der Waals surface area contributed by atoms with Crippen LogP contribution in [0.2, 0.25) is 0 Å². The van der Waals surface area contributed by atoms with Gasteiger partial charge in [0.1, 0.15) is 0 Å². The third-order valence-electron chi connectivity index (χ3n) is 3.07. The van der Waals surface area contributed by atoms with E-state index in [1.807, 2.05) is 32.0 Å². The van der Waals surface area contributed by atoms with Gasteiger partial charge in [0.25, 0.3) is 5.91 Å². The second-order valence-electron chi connectivity index (χ2n) is 4.92. The lowest BCUT2D eigenvalue weighted by Gasteiger charge is -2.19. The van der Waals surface area contributed by atoms with Crippen molar-refractivity contribution in [2.24, 2.45) is 0 Å². The molecule has 4 nitrogen and oxygen atoms in total. The van der Waals surface area contributed by atoms with Crippen LogP contribution in [0.4, 0.5) is 5.69 Å². The van der Waals surface area contributed by atoms with Crippen LogP contribution in [-0.2, 0) is 0 Å². The molecule has 1 aromatic carbocycles. The van der Waals surface area contributed by atoms with Crippen LogP contribution in [0.25, 0.3) is 0 Å². The van der Waals surface area contributed by atoms with E-state index >= 15 is 0 Å². The van der Waals surface area contributed by atoms with Crippen LogP contribution in [0, 0.1) is 6.92 Å². The van der Waals surface area contributed by atoms with Gasteiger partial charge < -0.3 is 15.3 Å². The Hall–Kier alpha value is -1.55. The van der Waals surface area contributed by atoms with E-state index in [-0.39, 0.29) is 12.0 Å². The van der Waals surface area contributed by atoms with Gasteiger partial charge in [-0.2, -0.15) is 0 Å². The average molecular weight is 264 g/mol. The number of carbonyl (C=O) groups is 1. The molecule has 106 valence electrons. The Kier molecular flexibility index (Phi) is 5.83. The number of aliphatic hydroxyl groups is 1. The number of hydrogen-bond acceptors (Lipinski definition) is 3. The average Bonchev–Trinajstić information content (AvgIpc) is 2.37. The molecule has 0 radical (unpaired) electrons. The Morgan fingerprint density at radius 2 is 2.16 bits per heavy atom. The van der Waals surface area contributed by atoms with Crippen molar-refractivity contribution in [1.29, 1.82) is 0 Å². The fourth-order valence-electron chi connectivity index (χ4n) is 1.89. The molecule has 0 aromatic heterocycles. The number of nitrogens with one attached hydrogen (secondary N) is 1. The molecule has 1 amide bonds. The quantitative estimate of drug-likeness (QED) is 0.828. The van der Waals surface area contributed by atoms with Gasteiger partial charge in [0.2, 0.25) is 0 Å². The molecular weight excluding hydrogens is 240 g/mol. The van der Waals surface area contributed by atoms with Crippen LogP contribution in [0.3, 0.4) is 0 Å². The summed E-state index contributed by atoms with van der Waals surface area (Å²) >= 11 is 0. The molecule has 1 rings (SSSR count). The van der Waals surface area contributed by atoms with Crippen LogP contribution in [0.1, 0.15) is 36.2 Å². The summed E-state index contributed by atoms with van der Waals surface area (Å²) in [4.78, 5) is 13.8. The number of benzene rings is 1. The Bertz CT molecular complexity index is 430. The van der Waals surface area contributed by atoms with Crippen LogP contribution >= 0.6 is 0 Å². The van der Waals surface area contributed by atoms with E-state index in [1.165, 1.54) is 0 Å². The number of carbonyl (C=O) groups excluding carboxylic acids is 1. The van der Waals surface area contributed by atoms with E-state index in [1.54, 1.807) is 18.9 Å². The van der Waals surface area contributed by atoms with Crippen LogP contribution in [0.5, 0.6) is 0 Å². The fraction of sp³-hybridized carbons (Fsp3) is 0.533. The number of hydrogen-bond donors (Lipinski definition) is 2. The van der Waals surface area contributed by atoms with Crippen LogP contribution < -0.4 is 5.32 Å². The van der Waals surface area contributed by atoms with Crippen molar-refractivity contribution in [2.45, 2.75) is 33.3 Å². The van der Waals surface area contributed by atoms with Gasteiger partial charge in [-0.05, 0) is 51.0 Å². The minimum absolute atomic E-state index is 0.00759. The zero-order chi connectivity index (χ0) is 14.4. The predicted molar refractivity (Wildman–Crippen MR) is 78.6 cm³/mol. The molecular formula is C15H24N2O2. The Morgan fingerprint density at radius 1 is 1.47 bits per heavy atom. The first kappa shape index (κ1) is 15.5. The zero-order valence-electron chi connectivity index (χ0n) is 12.2. The standard InChI is InChI=1S/C15H24N2O2/c1-5-16-14-7-6-13(10-11(14)2)15(19)17(4)9-8-12(3)18/h6-7,10,12,16,18H,5,8-9H2,1-4H3. The number of anilines is 1. The smallest absolute Gasteiger partial charge is 0.253 e. The highest BCUT2D eigenvalue weighted by atomic mass is 16.3. The molecule has 1 atom stereocenters. The number of amides is 1. The van der Waals surface area contributed by atoms with Crippen molar-refractivity contribution in [1.82, 2.24) is 4.90 Å². The summed E-state index contributed by atoms with van der Waals surface area (Å²) < 4.78 is 0. The summed E-state index contributed by atoms with van der Waals surface area (Å²) in [6.45, 7) is 7.19. The second-order valence-corrected chi connectivity index (χ2v) is 4.92. The van der Waals surface area contributed by atoms with E-state index in [2.05, 4.69) is 5.32 Å². The molecule has 1 unspecified atom stereocenters. The van der Waals surface area contributed by atoms with Gasteiger partial charge in [0.15, 0.2) is 0 Å². The number of aliphatic hydroxyl groups excluding tert-OH is 1. The van der Waals surface area contributed by atoms with Gasteiger partial charge in [-0.25, -0.2) is 0 Å². The number of nitrogens with zero attached hydrogens (tertiary/aromatic N) is 1. The monoisotopic (exact) mass is 264 g/mol. The van der Waals surface area contributed by atoms with Gasteiger partial charge >= 0.3 is 0 Å². The maximum absolute atomic E-state index is 12.2. The van der Waals surface area contributed by atoms with E-state index in [9.17, 15) is 9.90 Å². The molecule has 19 heavy (non-hydrogen) atoms. The molecule has 0 heterocycles. The summed E-state index contributed by atoms with van der Waals surface area (Å²) in [5, 5.41) is 12.5. The Balaban J connectivity index is 2.74. The molecule has 0 spiro atoms. The van der Waals surface area contributed by atoms with Gasteiger partial charge in [-0.15, -0.1) is 0 Å². The minimum Gasteiger partial charge on any atom is -0.393 e. The molecule has 0 fully saturated rings. The highest BCUT2D eigenvalue weighted by molar-refractivity contribution is 5.94. The Morgan fingerprint density at radius 3 is 2.68 bits per heavy atom. The lowest BCUT2D eigenvalue weighted by molar-refractivity contribution is 0.0769. The minimum atomic E-state index is -0.381. The van der Waals surface area contributed by atoms with Crippen molar-refractivity contribution in [3.63, 3.8) is 0 Å². The van der Waals surface area contributed by atoms with Crippen molar-refractivity contribution in [3.8, 4) is 0 Å². The molecule has 2 N–H and O–H groups in total. The SMILES string of the molecule is CCNc1ccc(C(=O)N(C)CCC(C)O)cc1C. The van der Waals surface area contributed by atoms with Gasteiger partial charge in [-0.1, -0.05) is 0 Å². The number of aryl methyl sites for hydroxylation is 1. The van der Waals surface area contributed by atoms with Crippen LogP contribution in [-0.4, -0.2) is 42.2 Å². The largest absolute Gasteiger partial charge is 0.393 e. The predicted octanol–water partition coefficient (Wildman–Crippen LogP) is 2.27. The van der Waals surface area contributed by atoms with Crippen molar-refractivity contribution in [2.75, 3.05) is 25.5 Å². The third-order valence-corrected chi connectivity index (χ3v) is 3.07. The summed E-state index contributed by atoms with van der Waals surface area (Å²) in [6.07, 6.45) is 0.213. The van der Waals surface area contributed by atoms with Gasteiger partial charge in [0.05, 0.1) is 6.10 Å². The Labute approximate surface area is 115 Å². The zero-order valence-corrected chi connectivity index (χ0v) is 12.2. The third kappa shape index (κ3) is 4.56. The van der Waals surface area contributed by atoms with Crippen molar-refractivity contribution < 1.29 is 9.90 Å². The lowest BCUT2D eigenvalue weighted by Crippen LogP contribution is -2.29. The van der Waals surface area contributed by atoms with E-state index in [0.29, 0.717) is 18.5 Å². The maximum atomic E-state index is 12.2. The number of rotatable bonds is 6. The van der Waals surface area contributed by atoms with Crippen LogP contribution in [0.15, 0.2) is 18.2 Å². The summed E-state index contributed by atoms with van der Waals surface area (Å²) in [5.41, 5.74) is 2.81. The van der Waals surface area contributed by atoms with Crippen molar-refractivity contribution in [3.05, 3.63) is 29.3 Å². The normalized spacial score (nSPS) is 12.1. The molecule has 0 aliphatic heterocycles. The molecule has 0 saturated carbocycles. The molecule has 4 heteroatoms.